The SMILES string of the molecule is CC(C)(C)NCCNc1ccc(Cl)c(C(N)=O)c1. The summed E-state index contributed by atoms with van der Waals surface area (Å²) in [6.07, 6.45) is 0. The Morgan fingerprint density at radius 2 is 2.00 bits per heavy atom. The van der Waals surface area contributed by atoms with Gasteiger partial charge in [0.2, 0.25) is 5.91 Å². The highest BCUT2D eigenvalue weighted by molar-refractivity contribution is 6.33. The van der Waals surface area contributed by atoms with Crippen molar-refractivity contribution < 1.29 is 4.79 Å². The van der Waals surface area contributed by atoms with Gasteiger partial charge in [-0.15, -0.1) is 0 Å². The van der Waals surface area contributed by atoms with E-state index in [9.17, 15) is 4.79 Å². The van der Waals surface area contributed by atoms with Gasteiger partial charge in [-0.2, -0.15) is 0 Å². The molecular weight excluding hydrogens is 250 g/mol. The molecule has 0 saturated carbocycles. The second kappa shape index (κ2) is 6.07. The molecule has 0 spiro atoms. The monoisotopic (exact) mass is 269 g/mol. The molecule has 1 rings (SSSR count). The number of nitrogens with one attached hydrogen (secondary N) is 2. The number of amides is 1. The molecular formula is C13H20ClN3O. The lowest BCUT2D eigenvalue weighted by Crippen LogP contribution is -2.38. The first-order valence-electron chi connectivity index (χ1n) is 5.88. The molecule has 0 fully saturated rings. The summed E-state index contributed by atoms with van der Waals surface area (Å²) in [6.45, 7) is 7.93. The molecule has 0 saturated heterocycles. The van der Waals surface area contributed by atoms with Crippen LogP contribution in [0.5, 0.6) is 0 Å². The van der Waals surface area contributed by atoms with Crippen molar-refractivity contribution in [2.24, 2.45) is 5.73 Å². The smallest absolute Gasteiger partial charge is 0.250 e. The first-order chi connectivity index (χ1) is 8.29. The summed E-state index contributed by atoms with van der Waals surface area (Å²) in [6, 6.07) is 5.16. The van der Waals surface area contributed by atoms with Crippen molar-refractivity contribution in [2.75, 3.05) is 18.4 Å². The molecule has 1 amide bonds. The van der Waals surface area contributed by atoms with Gasteiger partial charge >= 0.3 is 0 Å². The van der Waals surface area contributed by atoms with Crippen LogP contribution in [-0.4, -0.2) is 24.5 Å². The Labute approximate surface area is 113 Å². The van der Waals surface area contributed by atoms with Gasteiger partial charge in [0.05, 0.1) is 10.6 Å². The predicted octanol–water partition coefficient (Wildman–Crippen LogP) is 2.24. The molecule has 18 heavy (non-hydrogen) atoms. The minimum atomic E-state index is -0.517. The number of hydrogen-bond acceptors (Lipinski definition) is 3. The molecule has 5 heteroatoms. The zero-order valence-electron chi connectivity index (χ0n) is 11.0. The van der Waals surface area contributed by atoms with Crippen molar-refractivity contribution in [1.29, 1.82) is 0 Å². The zero-order chi connectivity index (χ0) is 13.8. The number of carbonyl (C=O) groups is 1. The quantitative estimate of drug-likeness (QED) is 0.718. The Hall–Kier alpha value is -1.26. The summed E-state index contributed by atoms with van der Waals surface area (Å²) < 4.78 is 0. The van der Waals surface area contributed by atoms with Crippen molar-refractivity contribution in [3.63, 3.8) is 0 Å². The topological polar surface area (TPSA) is 67.2 Å². The number of carbonyl (C=O) groups excluding carboxylic acids is 1. The van der Waals surface area contributed by atoms with Crippen LogP contribution in [0.4, 0.5) is 5.69 Å². The van der Waals surface area contributed by atoms with Crippen LogP contribution < -0.4 is 16.4 Å². The molecule has 1 aromatic rings. The summed E-state index contributed by atoms with van der Waals surface area (Å²) in [7, 11) is 0. The molecule has 0 aliphatic carbocycles. The molecule has 100 valence electrons. The van der Waals surface area contributed by atoms with Gasteiger partial charge in [-0.05, 0) is 39.0 Å². The van der Waals surface area contributed by atoms with Crippen molar-refractivity contribution in [3.05, 3.63) is 28.8 Å². The van der Waals surface area contributed by atoms with Gasteiger partial charge in [-0.1, -0.05) is 11.6 Å². The first-order valence-corrected chi connectivity index (χ1v) is 6.25. The fraction of sp³-hybridized carbons (Fsp3) is 0.462. The normalized spacial score (nSPS) is 11.3. The van der Waals surface area contributed by atoms with Gasteiger partial charge in [0.1, 0.15) is 0 Å². The summed E-state index contributed by atoms with van der Waals surface area (Å²) in [5.41, 5.74) is 6.50. The van der Waals surface area contributed by atoms with E-state index >= 15 is 0 Å². The number of primary amides is 1. The molecule has 0 aromatic heterocycles. The van der Waals surface area contributed by atoms with Crippen molar-refractivity contribution >= 4 is 23.2 Å². The van der Waals surface area contributed by atoms with Crippen LogP contribution >= 0.6 is 11.6 Å². The summed E-state index contributed by atoms with van der Waals surface area (Å²) >= 11 is 5.87. The van der Waals surface area contributed by atoms with E-state index in [2.05, 4.69) is 31.4 Å². The van der Waals surface area contributed by atoms with Gasteiger partial charge in [-0.25, -0.2) is 0 Å². The number of rotatable bonds is 5. The Kier molecular flexibility index (Phi) is 4.99. The number of anilines is 1. The van der Waals surface area contributed by atoms with Crippen molar-refractivity contribution in [2.45, 2.75) is 26.3 Å². The highest BCUT2D eigenvalue weighted by Gasteiger charge is 2.09. The molecule has 0 unspecified atom stereocenters. The molecule has 0 atom stereocenters. The molecule has 0 aliphatic rings. The molecule has 1 aromatic carbocycles. The van der Waals surface area contributed by atoms with Gasteiger partial charge in [0.15, 0.2) is 0 Å². The standard InChI is InChI=1S/C13H20ClN3O/c1-13(2,3)17-7-6-16-9-4-5-11(14)10(8-9)12(15)18/h4-5,8,16-17H,6-7H2,1-3H3,(H2,15,18). The Morgan fingerprint density at radius 3 is 2.56 bits per heavy atom. The molecule has 0 aliphatic heterocycles. The minimum Gasteiger partial charge on any atom is -0.384 e. The van der Waals surface area contributed by atoms with E-state index in [4.69, 9.17) is 17.3 Å². The average Bonchev–Trinajstić information content (AvgIpc) is 2.24. The van der Waals surface area contributed by atoms with E-state index in [0.29, 0.717) is 10.6 Å². The van der Waals surface area contributed by atoms with E-state index < -0.39 is 5.91 Å². The van der Waals surface area contributed by atoms with Crippen LogP contribution in [0.25, 0.3) is 0 Å². The number of halogens is 1. The summed E-state index contributed by atoms with van der Waals surface area (Å²) in [5, 5.41) is 6.95. The highest BCUT2D eigenvalue weighted by Crippen LogP contribution is 2.19. The van der Waals surface area contributed by atoms with E-state index in [1.165, 1.54) is 0 Å². The lowest BCUT2D eigenvalue weighted by molar-refractivity contribution is 0.100. The summed E-state index contributed by atoms with van der Waals surface area (Å²) in [5.74, 6) is -0.517. The lowest BCUT2D eigenvalue weighted by atomic mass is 10.1. The van der Waals surface area contributed by atoms with Gasteiger partial charge in [-0.3, -0.25) is 4.79 Å². The molecule has 4 nitrogen and oxygen atoms in total. The average molecular weight is 270 g/mol. The predicted molar refractivity (Wildman–Crippen MR) is 76.2 cm³/mol. The number of benzene rings is 1. The van der Waals surface area contributed by atoms with Gasteiger partial charge < -0.3 is 16.4 Å². The Bertz CT molecular complexity index is 427. The second-order valence-corrected chi connectivity index (χ2v) is 5.57. The van der Waals surface area contributed by atoms with Gasteiger partial charge in [0, 0.05) is 24.3 Å². The van der Waals surface area contributed by atoms with Crippen molar-refractivity contribution in [1.82, 2.24) is 5.32 Å². The zero-order valence-corrected chi connectivity index (χ0v) is 11.8. The third kappa shape index (κ3) is 4.94. The molecule has 0 radical (unpaired) electrons. The Morgan fingerprint density at radius 1 is 1.33 bits per heavy atom. The maximum Gasteiger partial charge on any atom is 0.250 e. The molecule has 0 bridgehead atoms. The fourth-order valence-electron chi connectivity index (χ4n) is 1.47. The van der Waals surface area contributed by atoms with E-state index in [1.54, 1.807) is 12.1 Å². The van der Waals surface area contributed by atoms with Crippen LogP contribution in [0.15, 0.2) is 18.2 Å². The Balaban J connectivity index is 2.53. The summed E-state index contributed by atoms with van der Waals surface area (Å²) in [4.78, 5) is 11.1. The highest BCUT2D eigenvalue weighted by atomic mass is 35.5. The van der Waals surface area contributed by atoms with Crippen LogP contribution in [0.2, 0.25) is 5.02 Å². The number of hydrogen-bond donors (Lipinski definition) is 3. The largest absolute Gasteiger partial charge is 0.384 e. The number of nitrogens with two attached hydrogens (primary N) is 1. The maximum absolute atomic E-state index is 11.1. The second-order valence-electron chi connectivity index (χ2n) is 5.16. The van der Waals surface area contributed by atoms with E-state index in [1.807, 2.05) is 6.07 Å². The molecule has 4 N–H and O–H groups in total. The van der Waals surface area contributed by atoms with Gasteiger partial charge in [0.25, 0.3) is 0 Å². The van der Waals surface area contributed by atoms with Crippen LogP contribution in [-0.2, 0) is 0 Å². The third-order valence-electron chi connectivity index (χ3n) is 2.34. The van der Waals surface area contributed by atoms with Crippen molar-refractivity contribution in [3.8, 4) is 0 Å². The van der Waals surface area contributed by atoms with E-state index in [-0.39, 0.29) is 5.54 Å². The third-order valence-corrected chi connectivity index (χ3v) is 2.67. The first kappa shape index (κ1) is 14.8. The maximum atomic E-state index is 11.1. The van der Waals surface area contributed by atoms with Crippen LogP contribution in [0.1, 0.15) is 31.1 Å². The lowest BCUT2D eigenvalue weighted by Gasteiger charge is -2.20. The van der Waals surface area contributed by atoms with Crippen LogP contribution in [0.3, 0.4) is 0 Å². The molecule has 0 heterocycles. The minimum absolute atomic E-state index is 0.0973. The van der Waals surface area contributed by atoms with E-state index in [0.717, 1.165) is 18.8 Å². The fourth-order valence-corrected chi connectivity index (χ4v) is 1.68. The van der Waals surface area contributed by atoms with Crippen LogP contribution in [0, 0.1) is 0 Å².